The summed E-state index contributed by atoms with van der Waals surface area (Å²) >= 11 is 0. The number of carbonyl (C=O) groups excluding carboxylic acids is 1. The molecule has 0 radical (unpaired) electrons. The molecule has 0 saturated heterocycles. The van der Waals surface area contributed by atoms with E-state index in [1.54, 1.807) is 5.20 Å². The van der Waals surface area contributed by atoms with E-state index >= 15 is 0 Å². The summed E-state index contributed by atoms with van der Waals surface area (Å²) in [6.07, 6.45) is 9.64. The third-order valence-electron chi connectivity index (χ3n) is 8.98. The van der Waals surface area contributed by atoms with Gasteiger partial charge < -0.3 is 4.43 Å². The lowest BCUT2D eigenvalue weighted by molar-refractivity contribution is -0.130. The van der Waals surface area contributed by atoms with E-state index in [1.807, 2.05) is 0 Å². The summed E-state index contributed by atoms with van der Waals surface area (Å²) in [5.41, 5.74) is 0.568. The van der Waals surface area contributed by atoms with Crippen LogP contribution in [0.4, 0.5) is 0 Å². The predicted molar refractivity (Wildman–Crippen MR) is 159 cm³/mol. The molecule has 0 aromatic carbocycles. The summed E-state index contributed by atoms with van der Waals surface area (Å²) in [5.74, 6) is 2.71. The maximum atomic E-state index is 13.7. The maximum Gasteiger partial charge on any atom is 0.189 e. The molecule has 2 rings (SSSR count). The van der Waals surface area contributed by atoms with Crippen molar-refractivity contribution in [3.8, 4) is 0 Å². The summed E-state index contributed by atoms with van der Waals surface area (Å²) < 4.78 is 6.79. The zero-order valence-corrected chi connectivity index (χ0v) is 27.7. The van der Waals surface area contributed by atoms with Gasteiger partial charge in [-0.05, 0) is 72.4 Å². The van der Waals surface area contributed by atoms with E-state index in [4.69, 9.17) is 4.43 Å². The SMILES string of the molecule is C=C1C[C@H]2[C@@H](C(=C[C@H](C[C@H](C)CCCC)C(C)(C)C)[SiH](C)C)[C@H](C(C)(C)C)C[C@@]2(O[SiH](C)C)C1=O. The van der Waals surface area contributed by atoms with Crippen molar-refractivity contribution in [1.29, 1.82) is 0 Å². The molecule has 2 fully saturated rings. The van der Waals surface area contributed by atoms with Crippen LogP contribution in [0.3, 0.4) is 0 Å². The fraction of sp³-hybridized carbons (Fsp3) is 0.839. The molecule has 0 spiro atoms. The summed E-state index contributed by atoms with van der Waals surface area (Å²) in [6.45, 7) is 32.9. The molecule has 2 saturated carbocycles. The average molecular weight is 519 g/mol. The summed E-state index contributed by atoms with van der Waals surface area (Å²) in [5, 5.41) is 1.72. The maximum absolute atomic E-state index is 13.7. The van der Waals surface area contributed by atoms with Crippen molar-refractivity contribution in [3.05, 3.63) is 23.4 Å². The van der Waals surface area contributed by atoms with E-state index in [0.717, 1.165) is 24.3 Å². The number of fused-ring (bicyclic) bond motifs is 1. The Morgan fingerprint density at radius 2 is 1.77 bits per heavy atom. The molecule has 0 aromatic rings. The number of carbonyl (C=O) groups is 1. The first-order valence-corrected chi connectivity index (χ1v) is 20.2. The van der Waals surface area contributed by atoms with Gasteiger partial charge in [-0.25, -0.2) is 0 Å². The summed E-state index contributed by atoms with van der Waals surface area (Å²) in [6, 6.07) is 0. The van der Waals surface area contributed by atoms with Crippen LogP contribution in [-0.2, 0) is 9.22 Å². The minimum Gasteiger partial charge on any atom is -0.407 e. The second-order valence-corrected chi connectivity index (χ2v) is 20.1. The highest BCUT2D eigenvalue weighted by molar-refractivity contribution is 6.64. The standard InChI is InChI=1S/C31H58O2Si2/c1-14-15-16-21(2)17-23(29(4,5)6)19-26(34(10)11)27-24-18-22(3)28(32)31(24,33-35(12)13)20-25(27)30(7,8)9/h19,21,23-25,27,34-35H,3,14-18,20H2,1-2,4-13H3/t21-,23+,24+,25-,27-,31+/m1/s1. The van der Waals surface area contributed by atoms with Gasteiger partial charge in [-0.2, -0.15) is 0 Å². The number of hydrogen-bond acceptors (Lipinski definition) is 2. The molecule has 2 aliphatic rings. The Kier molecular flexibility index (Phi) is 10.1. The predicted octanol–water partition coefficient (Wildman–Crippen LogP) is 8.38. The van der Waals surface area contributed by atoms with Crippen molar-refractivity contribution in [2.45, 2.75) is 126 Å². The van der Waals surface area contributed by atoms with Gasteiger partial charge in [0.05, 0.1) is 8.80 Å². The van der Waals surface area contributed by atoms with E-state index in [9.17, 15) is 4.79 Å². The Bertz CT molecular complexity index is 783. The molecular formula is C31H58O2Si2. The number of allylic oxidation sites excluding steroid dienone is 2. The third-order valence-corrected chi connectivity index (χ3v) is 11.8. The first kappa shape index (κ1) is 30.8. The van der Waals surface area contributed by atoms with Gasteiger partial charge in [0.2, 0.25) is 0 Å². The molecule has 0 N–H and O–H groups in total. The number of ketones is 1. The Labute approximate surface area is 222 Å². The first-order valence-electron chi connectivity index (χ1n) is 14.6. The Balaban J connectivity index is 2.62. The van der Waals surface area contributed by atoms with Crippen LogP contribution >= 0.6 is 0 Å². The minimum absolute atomic E-state index is 0.138. The molecule has 35 heavy (non-hydrogen) atoms. The van der Waals surface area contributed by atoms with Gasteiger partial charge in [-0.1, -0.05) is 106 Å². The lowest BCUT2D eigenvalue weighted by atomic mass is 9.70. The zero-order chi connectivity index (χ0) is 26.9. The zero-order valence-electron chi connectivity index (χ0n) is 25.4. The second kappa shape index (κ2) is 11.5. The Hall–Kier alpha value is -0.456. The van der Waals surface area contributed by atoms with Crippen LogP contribution in [0.5, 0.6) is 0 Å². The fourth-order valence-corrected chi connectivity index (χ4v) is 10.1. The molecule has 0 unspecified atom stereocenters. The van der Waals surface area contributed by atoms with Crippen molar-refractivity contribution in [3.63, 3.8) is 0 Å². The number of unbranched alkanes of at least 4 members (excludes halogenated alkanes) is 1. The molecule has 2 aliphatic carbocycles. The number of rotatable bonds is 10. The molecule has 0 aliphatic heterocycles. The van der Waals surface area contributed by atoms with E-state index in [0.29, 0.717) is 17.8 Å². The monoisotopic (exact) mass is 518 g/mol. The molecule has 0 aromatic heterocycles. The second-order valence-electron chi connectivity index (χ2n) is 14.8. The summed E-state index contributed by atoms with van der Waals surface area (Å²) in [4.78, 5) is 13.7. The largest absolute Gasteiger partial charge is 0.407 e. The van der Waals surface area contributed by atoms with Crippen LogP contribution in [0.15, 0.2) is 23.4 Å². The first-order chi connectivity index (χ1) is 16.0. The van der Waals surface area contributed by atoms with E-state index in [-0.39, 0.29) is 22.5 Å². The summed E-state index contributed by atoms with van der Waals surface area (Å²) in [7, 11) is -2.52. The quantitative estimate of drug-likeness (QED) is 0.214. The van der Waals surface area contributed by atoms with Crippen molar-refractivity contribution in [2.24, 2.45) is 40.4 Å². The molecule has 202 valence electrons. The van der Waals surface area contributed by atoms with E-state index < -0.39 is 23.4 Å². The Morgan fingerprint density at radius 3 is 2.23 bits per heavy atom. The van der Waals surface area contributed by atoms with E-state index in [2.05, 4.69) is 94.2 Å². The molecule has 2 nitrogen and oxygen atoms in total. The van der Waals surface area contributed by atoms with Crippen molar-refractivity contribution < 1.29 is 9.22 Å². The van der Waals surface area contributed by atoms with Crippen LogP contribution in [-0.4, -0.2) is 29.2 Å². The van der Waals surface area contributed by atoms with Crippen LogP contribution < -0.4 is 0 Å². The van der Waals surface area contributed by atoms with Crippen LogP contribution in [0.25, 0.3) is 0 Å². The van der Waals surface area contributed by atoms with Gasteiger partial charge >= 0.3 is 0 Å². The molecule has 0 amide bonds. The fourth-order valence-electron chi connectivity index (χ4n) is 7.00. The highest BCUT2D eigenvalue weighted by atomic mass is 28.3. The molecular weight excluding hydrogens is 461 g/mol. The lowest BCUT2D eigenvalue weighted by Crippen LogP contribution is -2.44. The smallest absolute Gasteiger partial charge is 0.189 e. The van der Waals surface area contributed by atoms with Gasteiger partial charge in [0.15, 0.2) is 14.8 Å². The van der Waals surface area contributed by atoms with Gasteiger partial charge in [-0.15, -0.1) is 0 Å². The molecule has 6 atom stereocenters. The van der Waals surface area contributed by atoms with Gasteiger partial charge in [0, 0.05) is 5.92 Å². The number of Topliss-reactive ketones (excluding diaryl/α,β-unsaturated/α-hetero) is 1. The highest BCUT2D eigenvalue weighted by Gasteiger charge is 2.64. The molecule has 4 heteroatoms. The lowest BCUT2D eigenvalue weighted by Gasteiger charge is -2.39. The van der Waals surface area contributed by atoms with Crippen LogP contribution in [0, 0.1) is 40.4 Å². The van der Waals surface area contributed by atoms with Crippen molar-refractivity contribution in [1.82, 2.24) is 0 Å². The van der Waals surface area contributed by atoms with Gasteiger partial charge in [0.1, 0.15) is 5.60 Å². The molecule has 0 heterocycles. The topological polar surface area (TPSA) is 26.3 Å². The average Bonchev–Trinajstić information content (AvgIpc) is 3.13. The normalized spacial score (nSPS) is 29.9. The van der Waals surface area contributed by atoms with Crippen molar-refractivity contribution >= 4 is 23.6 Å². The third kappa shape index (κ3) is 6.90. The number of hydrogen-bond donors (Lipinski definition) is 0. The van der Waals surface area contributed by atoms with Gasteiger partial charge in [0.25, 0.3) is 0 Å². The van der Waals surface area contributed by atoms with Gasteiger partial charge in [-0.3, -0.25) is 4.79 Å². The highest BCUT2D eigenvalue weighted by Crippen LogP contribution is 2.61. The van der Waals surface area contributed by atoms with E-state index in [1.165, 1.54) is 25.7 Å². The van der Waals surface area contributed by atoms with Crippen molar-refractivity contribution in [2.75, 3.05) is 0 Å². The minimum atomic E-state index is -1.39. The van der Waals surface area contributed by atoms with Crippen LogP contribution in [0.1, 0.15) is 93.9 Å². The molecule has 0 bridgehead atoms. The van der Waals surface area contributed by atoms with Crippen LogP contribution in [0.2, 0.25) is 26.2 Å². The Morgan fingerprint density at radius 1 is 1.17 bits per heavy atom.